The van der Waals surface area contributed by atoms with Crippen LogP contribution in [0.3, 0.4) is 0 Å². The molecule has 0 unspecified atom stereocenters. The molecule has 1 aliphatic rings. The number of esters is 1. The van der Waals surface area contributed by atoms with Crippen LogP contribution in [0.1, 0.15) is 25.3 Å². The van der Waals surface area contributed by atoms with Crippen molar-refractivity contribution in [3.8, 4) is 11.5 Å². The highest BCUT2D eigenvalue weighted by Crippen LogP contribution is 2.34. The zero-order valence-electron chi connectivity index (χ0n) is 14.0. The van der Waals surface area contributed by atoms with Crippen molar-refractivity contribution in [1.82, 2.24) is 4.90 Å². The molecule has 0 atom stereocenters. The standard InChI is InChI=1S/C17H19NO6S/c1-3-4-7-24-15(20)10-18-16(21)14(25-17(18)22)9-11-5-6-12(19)13(8-11)23-2/h5-6,8-9,19H,3-4,7,10H2,1-2H3/b14-9+. The van der Waals surface area contributed by atoms with Gasteiger partial charge in [0.05, 0.1) is 18.6 Å². The first kappa shape index (κ1) is 18.9. The van der Waals surface area contributed by atoms with E-state index in [2.05, 4.69) is 0 Å². The molecule has 7 nitrogen and oxygen atoms in total. The fourth-order valence-electron chi connectivity index (χ4n) is 2.08. The van der Waals surface area contributed by atoms with E-state index in [4.69, 9.17) is 9.47 Å². The van der Waals surface area contributed by atoms with Gasteiger partial charge in [0, 0.05) is 0 Å². The summed E-state index contributed by atoms with van der Waals surface area (Å²) < 4.78 is 9.99. The van der Waals surface area contributed by atoms with Crippen molar-refractivity contribution in [2.24, 2.45) is 0 Å². The Labute approximate surface area is 149 Å². The van der Waals surface area contributed by atoms with Crippen molar-refractivity contribution >= 4 is 35.0 Å². The number of aromatic hydroxyl groups is 1. The van der Waals surface area contributed by atoms with Gasteiger partial charge in [-0.05, 0) is 42.0 Å². The van der Waals surface area contributed by atoms with Crippen LogP contribution in [0, 0.1) is 0 Å². The Bertz CT molecular complexity index is 715. The van der Waals surface area contributed by atoms with E-state index >= 15 is 0 Å². The van der Waals surface area contributed by atoms with Crippen molar-refractivity contribution in [3.05, 3.63) is 28.7 Å². The number of phenols is 1. The van der Waals surface area contributed by atoms with Crippen LogP contribution in [0.5, 0.6) is 11.5 Å². The normalized spacial score (nSPS) is 15.8. The molecule has 1 heterocycles. The summed E-state index contributed by atoms with van der Waals surface area (Å²) in [6, 6.07) is 4.56. The smallest absolute Gasteiger partial charge is 0.326 e. The van der Waals surface area contributed by atoms with Gasteiger partial charge in [0.25, 0.3) is 11.1 Å². The summed E-state index contributed by atoms with van der Waals surface area (Å²) in [5.74, 6) is -0.923. The number of carbonyl (C=O) groups excluding carboxylic acids is 3. The molecule has 1 aliphatic heterocycles. The highest BCUT2D eigenvalue weighted by atomic mass is 32.2. The maximum Gasteiger partial charge on any atom is 0.326 e. The van der Waals surface area contributed by atoms with Crippen molar-refractivity contribution in [2.75, 3.05) is 20.3 Å². The number of hydrogen-bond acceptors (Lipinski definition) is 7. The molecule has 1 aromatic rings. The quantitative estimate of drug-likeness (QED) is 0.451. The van der Waals surface area contributed by atoms with Gasteiger partial charge in [0.1, 0.15) is 6.54 Å². The SMILES string of the molecule is CCCCOC(=O)CN1C(=O)S/C(=C/c2ccc(O)c(OC)c2)C1=O. The number of benzene rings is 1. The molecule has 0 saturated carbocycles. The Morgan fingerprint density at radius 3 is 2.80 bits per heavy atom. The summed E-state index contributed by atoms with van der Waals surface area (Å²) in [4.78, 5) is 37.1. The van der Waals surface area contributed by atoms with Crippen LogP contribution in [-0.2, 0) is 14.3 Å². The van der Waals surface area contributed by atoms with Crippen molar-refractivity contribution in [1.29, 1.82) is 0 Å². The molecule has 134 valence electrons. The third kappa shape index (κ3) is 4.76. The predicted octanol–water partition coefficient (Wildman–Crippen LogP) is 2.78. The lowest BCUT2D eigenvalue weighted by Crippen LogP contribution is -2.34. The van der Waals surface area contributed by atoms with Crippen LogP contribution in [0.25, 0.3) is 6.08 Å². The van der Waals surface area contributed by atoms with E-state index in [0.717, 1.165) is 29.5 Å². The molecule has 0 aliphatic carbocycles. The second-order valence-corrected chi connectivity index (χ2v) is 6.27. The number of thioether (sulfide) groups is 1. The monoisotopic (exact) mass is 365 g/mol. The van der Waals surface area contributed by atoms with Crippen molar-refractivity contribution in [3.63, 3.8) is 0 Å². The lowest BCUT2D eigenvalue weighted by atomic mass is 10.2. The van der Waals surface area contributed by atoms with E-state index in [1.165, 1.54) is 19.3 Å². The van der Waals surface area contributed by atoms with Crippen LogP contribution in [0.2, 0.25) is 0 Å². The van der Waals surface area contributed by atoms with Gasteiger partial charge in [-0.2, -0.15) is 0 Å². The lowest BCUT2D eigenvalue weighted by Gasteiger charge is -2.11. The Hall–Kier alpha value is -2.48. The molecule has 25 heavy (non-hydrogen) atoms. The summed E-state index contributed by atoms with van der Waals surface area (Å²) in [5.41, 5.74) is 0.589. The van der Waals surface area contributed by atoms with Gasteiger partial charge in [-0.1, -0.05) is 19.4 Å². The van der Waals surface area contributed by atoms with E-state index in [0.29, 0.717) is 5.56 Å². The fraction of sp³-hybridized carbons (Fsp3) is 0.353. The third-order valence-electron chi connectivity index (χ3n) is 3.42. The highest BCUT2D eigenvalue weighted by Gasteiger charge is 2.36. The van der Waals surface area contributed by atoms with Gasteiger partial charge in [0.2, 0.25) is 0 Å². The summed E-state index contributed by atoms with van der Waals surface area (Å²) in [5, 5.41) is 9.07. The van der Waals surface area contributed by atoms with Crippen LogP contribution >= 0.6 is 11.8 Å². The number of phenolic OH excluding ortho intramolecular Hbond substituents is 1. The second kappa shape index (κ2) is 8.57. The molecule has 0 aromatic heterocycles. The first-order chi connectivity index (χ1) is 12.0. The Balaban J connectivity index is 2.08. The lowest BCUT2D eigenvalue weighted by molar-refractivity contribution is -0.146. The van der Waals surface area contributed by atoms with E-state index in [1.807, 2.05) is 6.92 Å². The molecular formula is C17H19NO6S. The summed E-state index contributed by atoms with van der Waals surface area (Å²) in [6.07, 6.45) is 3.12. The molecule has 1 aromatic carbocycles. The Morgan fingerprint density at radius 2 is 2.12 bits per heavy atom. The Kier molecular flexibility index (Phi) is 6.46. The van der Waals surface area contributed by atoms with Crippen molar-refractivity contribution in [2.45, 2.75) is 19.8 Å². The van der Waals surface area contributed by atoms with Gasteiger partial charge in [0.15, 0.2) is 11.5 Å². The number of imide groups is 1. The number of nitrogens with zero attached hydrogens (tertiary/aromatic N) is 1. The molecule has 8 heteroatoms. The zero-order valence-corrected chi connectivity index (χ0v) is 14.8. The average molecular weight is 365 g/mol. The van der Waals surface area contributed by atoms with E-state index < -0.39 is 23.7 Å². The topological polar surface area (TPSA) is 93.1 Å². The minimum absolute atomic E-state index is 0.0254. The highest BCUT2D eigenvalue weighted by molar-refractivity contribution is 8.18. The summed E-state index contributed by atoms with van der Waals surface area (Å²) in [6.45, 7) is 1.84. The molecule has 2 amide bonds. The molecule has 1 fully saturated rings. The molecule has 1 N–H and O–H groups in total. The third-order valence-corrected chi connectivity index (χ3v) is 4.33. The number of unbranched alkanes of at least 4 members (excludes halogenated alkanes) is 1. The summed E-state index contributed by atoms with van der Waals surface area (Å²) >= 11 is 0.752. The van der Waals surface area contributed by atoms with Gasteiger partial charge in [-0.3, -0.25) is 19.3 Å². The van der Waals surface area contributed by atoms with E-state index in [-0.39, 0.29) is 23.0 Å². The average Bonchev–Trinajstić information content (AvgIpc) is 2.84. The Morgan fingerprint density at radius 1 is 1.36 bits per heavy atom. The van der Waals surface area contributed by atoms with Crippen LogP contribution in [0.15, 0.2) is 23.1 Å². The van der Waals surface area contributed by atoms with E-state index in [1.54, 1.807) is 12.1 Å². The molecule has 2 rings (SSSR count). The van der Waals surface area contributed by atoms with Gasteiger partial charge < -0.3 is 14.6 Å². The number of hydrogen-bond donors (Lipinski definition) is 1. The minimum Gasteiger partial charge on any atom is -0.504 e. The van der Waals surface area contributed by atoms with Crippen LogP contribution < -0.4 is 4.74 Å². The van der Waals surface area contributed by atoms with Crippen LogP contribution in [0.4, 0.5) is 4.79 Å². The number of rotatable bonds is 7. The molecular weight excluding hydrogens is 346 g/mol. The van der Waals surface area contributed by atoms with Crippen LogP contribution in [-0.4, -0.2) is 47.4 Å². The van der Waals surface area contributed by atoms with Gasteiger partial charge in [-0.15, -0.1) is 0 Å². The number of methoxy groups -OCH3 is 1. The zero-order chi connectivity index (χ0) is 18.4. The molecule has 0 radical (unpaired) electrons. The number of ether oxygens (including phenoxy) is 2. The maximum absolute atomic E-state index is 12.3. The molecule has 0 spiro atoms. The second-order valence-electron chi connectivity index (χ2n) is 5.27. The first-order valence-electron chi connectivity index (χ1n) is 7.74. The predicted molar refractivity (Wildman–Crippen MR) is 93.2 cm³/mol. The van der Waals surface area contributed by atoms with Crippen molar-refractivity contribution < 1.29 is 29.0 Å². The first-order valence-corrected chi connectivity index (χ1v) is 8.56. The van der Waals surface area contributed by atoms with E-state index in [9.17, 15) is 19.5 Å². The van der Waals surface area contributed by atoms with Gasteiger partial charge in [-0.25, -0.2) is 0 Å². The van der Waals surface area contributed by atoms with Gasteiger partial charge >= 0.3 is 5.97 Å². The molecule has 0 bridgehead atoms. The fourth-order valence-corrected chi connectivity index (χ4v) is 2.92. The molecule has 1 saturated heterocycles. The minimum atomic E-state index is -0.608. The number of carbonyl (C=O) groups is 3. The number of amides is 2. The maximum atomic E-state index is 12.3. The largest absolute Gasteiger partial charge is 0.504 e. The summed E-state index contributed by atoms with van der Waals surface area (Å²) in [7, 11) is 1.41.